The maximum Gasteiger partial charge on any atom is 0.103 e. The van der Waals surface area contributed by atoms with Crippen molar-refractivity contribution in [1.29, 1.82) is 0 Å². The molecule has 92 valence electrons. The molecular weight excluding hydrogens is 236 g/mol. The lowest BCUT2D eigenvalue weighted by atomic mass is 10.0. The molecule has 0 saturated heterocycles. The Hall–Kier alpha value is -0.0600. The molecule has 0 aromatic carbocycles. The maximum absolute atomic E-state index is 6.04. The SMILES string of the molecule is CCCSCc1nc(CC(N)C(C)C)cs1. The Morgan fingerprint density at radius 3 is 2.88 bits per heavy atom. The number of rotatable bonds is 7. The van der Waals surface area contributed by atoms with Gasteiger partial charge in [0.05, 0.1) is 5.69 Å². The Balaban J connectivity index is 2.39. The summed E-state index contributed by atoms with van der Waals surface area (Å²) in [6.07, 6.45) is 2.15. The molecule has 1 aromatic heterocycles. The van der Waals surface area contributed by atoms with Crippen LogP contribution in [0.15, 0.2) is 5.38 Å². The molecule has 4 heteroatoms. The molecule has 16 heavy (non-hydrogen) atoms. The first kappa shape index (κ1) is 14.0. The van der Waals surface area contributed by atoms with E-state index in [0.717, 1.165) is 12.2 Å². The van der Waals surface area contributed by atoms with E-state index in [1.807, 2.05) is 11.8 Å². The summed E-state index contributed by atoms with van der Waals surface area (Å²) in [5.41, 5.74) is 7.20. The van der Waals surface area contributed by atoms with E-state index in [9.17, 15) is 0 Å². The lowest BCUT2D eigenvalue weighted by Crippen LogP contribution is -2.28. The van der Waals surface area contributed by atoms with E-state index >= 15 is 0 Å². The van der Waals surface area contributed by atoms with Crippen molar-refractivity contribution in [1.82, 2.24) is 4.98 Å². The highest BCUT2D eigenvalue weighted by atomic mass is 32.2. The number of hydrogen-bond acceptors (Lipinski definition) is 4. The second-order valence-corrected chi connectivity index (χ2v) is 6.44. The van der Waals surface area contributed by atoms with Crippen molar-refractivity contribution < 1.29 is 0 Å². The molecular formula is C12H22N2S2. The van der Waals surface area contributed by atoms with Gasteiger partial charge in [0.2, 0.25) is 0 Å². The summed E-state index contributed by atoms with van der Waals surface area (Å²) in [5.74, 6) is 2.80. The number of thiazole rings is 1. The summed E-state index contributed by atoms with van der Waals surface area (Å²) in [6.45, 7) is 6.53. The first-order valence-electron chi connectivity index (χ1n) is 5.90. The molecule has 0 aliphatic heterocycles. The molecule has 0 spiro atoms. The number of aromatic nitrogens is 1. The van der Waals surface area contributed by atoms with Crippen LogP contribution in [0.2, 0.25) is 0 Å². The van der Waals surface area contributed by atoms with Gasteiger partial charge in [0.1, 0.15) is 5.01 Å². The van der Waals surface area contributed by atoms with Gasteiger partial charge in [-0.2, -0.15) is 11.8 Å². The first-order valence-corrected chi connectivity index (χ1v) is 7.93. The Bertz CT molecular complexity index is 297. The molecule has 2 N–H and O–H groups in total. The zero-order valence-corrected chi connectivity index (χ0v) is 12.0. The molecule has 0 aliphatic carbocycles. The molecule has 0 amide bonds. The molecule has 1 atom stereocenters. The summed E-state index contributed by atoms with van der Waals surface area (Å²) < 4.78 is 0. The fraction of sp³-hybridized carbons (Fsp3) is 0.750. The van der Waals surface area contributed by atoms with Gasteiger partial charge in [0, 0.05) is 23.6 Å². The molecule has 2 nitrogen and oxygen atoms in total. The van der Waals surface area contributed by atoms with Crippen molar-refractivity contribution in [3.8, 4) is 0 Å². The van der Waals surface area contributed by atoms with Crippen LogP contribution in [0.3, 0.4) is 0 Å². The van der Waals surface area contributed by atoms with Crippen LogP contribution in [0, 0.1) is 5.92 Å². The largest absolute Gasteiger partial charge is 0.327 e. The zero-order valence-electron chi connectivity index (χ0n) is 10.4. The number of nitrogens with zero attached hydrogens (tertiary/aromatic N) is 1. The smallest absolute Gasteiger partial charge is 0.103 e. The minimum Gasteiger partial charge on any atom is -0.327 e. The van der Waals surface area contributed by atoms with Gasteiger partial charge >= 0.3 is 0 Å². The van der Waals surface area contributed by atoms with Crippen molar-refractivity contribution in [3.05, 3.63) is 16.1 Å². The highest BCUT2D eigenvalue weighted by Crippen LogP contribution is 2.18. The van der Waals surface area contributed by atoms with Crippen molar-refractivity contribution in [3.63, 3.8) is 0 Å². The van der Waals surface area contributed by atoms with Crippen molar-refractivity contribution in [2.75, 3.05) is 5.75 Å². The third kappa shape index (κ3) is 4.85. The average molecular weight is 258 g/mol. The molecule has 0 radical (unpaired) electrons. The lowest BCUT2D eigenvalue weighted by Gasteiger charge is -2.13. The predicted molar refractivity (Wildman–Crippen MR) is 75.1 cm³/mol. The molecule has 1 unspecified atom stereocenters. The van der Waals surface area contributed by atoms with Gasteiger partial charge in [0.25, 0.3) is 0 Å². The van der Waals surface area contributed by atoms with E-state index in [4.69, 9.17) is 5.73 Å². The minimum absolute atomic E-state index is 0.234. The van der Waals surface area contributed by atoms with Crippen molar-refractivity contribution >= 4 is 23.1 Å². The Morgan fingerprint density at radius 1 is 1.50 bits per heavy atom. The van der Waals surface area contributed by atoms with Gasteiger partial charge in [-0.25, -0.2) is 4.98 Å². The molecule has 0 aliphatic rings. The highest BCUT2D eigenvalue weighted by Gasteiger charge is 2.10. The van der Waals surface area contributed by atoms with E-state index < -0.39 is 0 Å². The van der Waals surface area contributed by atoms with E-state index in [0.29, 0.717) is 5.92 Å². The summed E-state index contributed by atoms with van der Waals surface area (Å²) in [4.78, 5) is 4.62. The average Bonchev–Trinajstić information content (AvgIpc) is 2.66. The predicted octanol–water partition coefficient (Wildman–Crippen LogP) is 3.31. The summed E-state index contributed by atoms with van der Waals surface area (Å²) in [5, 5.41) is 3.40. The van der Waals surface area contributed by atoms with E-state index in [1.165, 1.54) is 22.9 Å². The standard InChI is InChI=1S/C12H22N2S2/c1-4-5-15-8-12-14-10(7-16-12)6-11(13)9(2)3/h7,9,11H,4-6,8,13H2,1-3H3. The van der Waals surface area contributed by atoms with E-state index in [2.05, 4.69) is 31.1 Å². The van der Waals surface area contributed by atoms with Gasteiger partial charge in [-0.1, -0.05) is 20.8 Å². The summed E-state index contributed by atoms with van der Waals surface area (Å²) >= 11 is 3.73. The number of hydrogen-bond donors (Lipinski definition) is 1. The monoisotopic (exact) mass is 258 g/mol. The van der Waals surface area contributed by atoms with Crippen LogP contribution >= 0.6 is 23.1 Å². The third-order valence-corrected chi connectivity index (χ3v) is 4.73. The molecule has 0 saturated carbocycles. The molecule has 1 rings (SSSR count). The van der Waals surface area contributed by atoms with Crippen molar-refractivity contribution in [2.24, 2.45) is 11.7 Å². The fourth-order valence-electron chi connectivity index (χ4n) is 1.29. The Labute approximate surface area is 107 Å². The quantitative estimate of drug-likeness (QED) is 0.763. The Kier molecular flexibility index (Phi) is 6.39. The number of thioether (sulfide) groups is 1. The van der Waals surface area contributed by atoms with Crippen LogP contribution in [0.4, 0.5) is 0 Å². The third-order valence-electron chi connectivity index (χ3n) is 2.47. The van der Waals surface area contributed by atoms with Crippen LogP contribution in [0.1, 0.15) is 37.9 Å². The van der Waals surface area contributed by atoms with Gasteiger partial charge in [-0.15, -0.1) is 11.3 Å². The van der Waals surface area contributed by atoms with E-state index in [1.54, 1.807) is 11.3 Å². The fourth-order valence-corrected chi connectivity index (χ4v) is 3.08. The zero-order chi connectivity index (χ0) is 12.0. The van der Waals surface area contributed by atoms with Crippen LogP contribution in [0.5, 0.6) is 0 Å². The second kappa shape index (κ2) is 7.30. The van der Waals surface area contributed by atoms with Crippen LogP contribution in [-0.4, -0.2) is 16.8 Å². The van der Waals surface area contributed by atoms with Gasteiger partial charge in [0.15, 0.2) is 0 Å². The summed E-state index contributed by atoms with van der Waals surface area (Å²) in [7, 11) is 0. The lowest BCUT2D eigenvalue weighted by molar-refractivity contribution is 0.487. The van der Waals surface area contributed by atoms with Crippen LogP contribution in [0.25, 0.3) is 0 Å². The molecule has 0 fully saturated rings. The van der Waals surface area contributed by atoms with Gasteiger partial charge in [-0.05, 0) is 18.1 Å². The molecule has 1 heterocycles. The molecule has 1 aromatic rings. The summed E-state index contributed by atoms with van der Waals surface area (Å²) in [6, 6.07) is 0.234. The topological polar surface area (TPSA) is 38.9 Å². The number of nitrogens with two attached hydrogens (primary N) is 1. The van der Waals surface area contributed by atoms with Gasteiger partial charge in [-0.3, -0.25) is 0 Å². The highest BCUT2D eigenvalue weighted by molar-refractivity contribution is 7.98. The van der Waals surface area contributed by atoms with Gasteiger partial charge < -0.3 is 5.73 Å². The second-order valence-electron chi connectivity index (χ2n) is 4.40. The molecule has 0 bridgehead atoms. The first-order chi connectivity index (χ1) is 7.63. The Morgan fingerprint density at radius 2 is 2.25 bits per heavy atom. The van der Waals surface area contributed by atoms with Crippen LogP contribution < -0.4 is 5.73 Å². The van der Waals surface area contributed by atoms with Crippen LogP contribution in [-0.2, 0) is 12.2 Å². The van der Waals surface area contributed by atoms with E-state index in [-0.39, 0.29) is 6.04 Å². The minimum atomic E-state index is 0.234. The maximum atomic E-state index is 6.04. The normalized spacial score (nSPS) is 13.3. The van der Waals surface area contributed by atoms with Crippen molar-refractivity contribution in [2.45, 2.75) is 45.4 Å².